The van der Waals surface area contributed by atoms with Gasteiger partial charge in [0.05, 0.1) is 0 Å². The summed E-state index contributed by atoms with van der Waals surface area (Å²) in [4.78, 5) is 12.6. The second-order valence-electron chi connectivity index (χ2n) is 4.88. The number of aromatic nitrogens is 4. The predicted octanol–water partition coefficient (Wildman–Crippen LogP) is 2.13. The molecule has 22 heavy (non-hydrogen) atoms. The van der Waals surface area contributed by atoms with Crippen LogP contribution in [0.5, 0.6) is 5.75 Å². The zero-order chi connectivity index (χ0) is 15.7. The van der Waals surface area contributed by atoms with Gasteiger partial charge in [0.1, 0.15) is 5.75 Å². The van der Waals surface area contributed by atoms with Crippen LogP contribution in [0.1, 0.15) is 17.0 Å². The number of carbonyl (C=O) groups is 1. The first-order chi connectivity index (χ1) is 10.5. The fourth-order valence-electron chi connectivity index (χ4n) is 1.94. The number of amides is 1. The summed E-state index contributed by atoms with van der Waals surface area (Å²) < 4.78 is 7.15. The third-order valence-electron chi connectivity index (χ3n) is 3.31. The van der Waals surface area contributed by atoms with Crippen molar-refractivity contribution in [3.63, 3.8) is 0 Å². The number of fused-ring (bicyclic) bond motifs is 1. The Morgan fingerprint density at radius 2 is 2.14 bits per heavy atom. The number of ether oxygens (including phenoxy) is 1. The van der Waals surface area contributed by atoms with Crippen molar-refractivity contribution in [3.05, 3.63) is 35.2 Å². The van der Waals surface area contributed by atoms with Crippen LogP contribution in [0, 0.1) is 20.8 Å². The van der Waals surface area contributed by atoms with Gasteiger partial charge in [-0.2, -0.15) is 4.52 Å². The smallest absolute Gasteiger partial charge is 0.264 e. The molecule has 2 aromatic heterocycles. The Morgan fingerprint density at radius 1 is 1.32 bits per heavy atom. The van der Waals surface area contributed by atoms with E-state index >= 15 is 0 Å². The van der Waals surface area contributed by atoms with Gasteiger partial charge in [0.2, 0.25) is 10.1 Å². The Labute approximate surface area is 130 Å². The molecular formula is C14H15N5O2S. The van der Waals surface area contributed by atoms with E-state index in [1.54, 1.807) is 11.4 Å². The molecule has 0 aliphatic rings. The van der Waals surface area contributed by atoms with E-state index < -0.39 is 0 Å². The molecule has 7 nitrogen and oxygen atoms in total. The van der Waals surface area contributed by atoms with Crippen molar-refractivity contribution in [3.8, 4) is 5.75 Å². The molecular weight excluding hydrogens is 302 g/mol. The SMILES string of the molecule is Cc1cccc(OCC(=O)Nc2nn3c(C)nnc3s2)c1C. The Hall–Kier alpha value is -2.48. The fraction of sp³-hybridized carbons (Fsp3) is 0.286. The van der Waals surface area contributed by atoms with Gasteiger partial charge in [0, 0.05) is 0 Å². The van der Waals surface area contributed by atoms with Gasteiger partial charge in [-0.25, -0.2) is 0 Å². The van der Waals surface area contributed by atoms with Gasteiger partial charge in [0.15, 0.2) is 12.4 Å². The van der Waals surface area contributed by atoms with Crippen LogP contribution in [0.25, 0.3) is 4.96 Å². The third kappa shape index (κ3) is 2.77. The summed E-state index contributed by atoms with van der Waals surface area (Å²) in [5.74, 6) is 1.13. The van der Waals surface area contributed by atoms with Gasteiger partial charge in [-0.15, -0.1) is 15.3 Å². The molecule has 1 aromatic carbocycles. The first-order valence-corrected chi connectivity index (χ1v) is 7.54. The molecule has 0 saturated heterocycles. The van der Waals surface area contributed by atoms with Crippen LogP contribution in [0.2, 0.25) is 0 Å². The summed E-state index contributed by atoms with van der Waals surface area (Å²) in [6.07, 6.45) is 0. The van der Waals surface area contributed by atoms with Crippen LogP contribution in [0.15, 0.2) is 18.2 Å². The molecule has 2 heterocycles. The zero-order valence-electron chi connectivity index (χ0n) is 12.5. The topological polar surface area (TPSA) is 81.4 Å². The molecule has 0 spiro atoms. The van der Waals surface area contributed by atoms with E-state index in [0.29, 0.717) is 21.7 Å². The highest BCUT2D eigenvalue weighted by Crippen LogP contribution is 2.21. The van der Waals surface area contributed by atoms with Crippen LogP contribution >= 0.6 is 11.3 Å². The molecule has 0 atom stereocenters. The Balaban J connectivity index is 1.63. The summed E-state index contributed by atoms with van der Waals surface area (Å²) in [6, 6.07) is 5.76. The lowest BCUT2D eigenvalue weighted by Gasteiger charge is -2.10. The molecule has 0 bridgehead atoms. The molecule has 3 rings (SSSR count). The predicted molar refractivity (Wildman–Crippen MR) is 83.4 cm³/mol. The molecule has 114 valence electrons. The van der Waals surface area contributed by atoms with Crippen molar-refractivity contribution in [2.45, 2.75) is 20.8 Å². The number of anilines is 1. The summed E-state index contributed by atoms with van der Waals surface area (Å²) in [5.41, 5.74) is 2.16. The van der Waals surface area contributed by atoms with Crippen molar-refractivity contribution in [2.75, 3.05) is 11.9 Å². The molecule has 1 amide bonds. The average Bonchev–Trinajstić information content (AvgIpc) is 3.03. The molecule has 0 aliphatic carbocycles. The number of benzene rings is 1. The largest absolute Gasteiger partial charge is 0.483 e. The van der Waals surface area contributed by atoms with Gasteiger partial charge >= 0.3 is 0 Å². The number of carbonyl (C=O) groups excluding carboxylic acids is 1. The molecule has 8 heteroatoms. The van der Waals surface area contributed by atoms with E-state index in [-0.39, 0.29) is 12.5 Å². The van der Waals surface area contributed by atoms with Crippen LogP contribution in [-0.2, 0) is 4.79 Å². The van der Waals surface area contributed by atoms with Gasteiger partial charge in [-0.3, -0.25) is 10.1 Å². The van der Waals surface area contributed by atoms with Crippen LogP contribution in [0.4, 0.5) is 5.13 Å². The minimum Gasteiger partial charge on any atom is -0.483 e. The van der Waals surface area contributed by atoms with Gasteiger partial charge in [-0.05, 0) is 38.0 Å². The number of hydrogen-bond acceptors (Lipinski definition) is 6. The third-order valence-corrected chi connectivity index (χ3v) is 4.12. The maximum absolute atomic E-state index is 12.0. The summed E-state index contributed by atoms with van der Waals surface area (Å²) >= 11 is 1.26. The van der Waals surface area contributed by atoms with E-state index in [1.165, 1.54) is 11.3 Å². The number of nitrogens with one attached hydrogen (secondary N) is 1. The minimum atomic E-state index is -0.261. The minimum absolute atomic E-state index is 0.0661. The summed E-state index contributed by atoms with van der Waals surface area (Å²) in [6.45, 7) is 5.70. The normalized spacial score (nSPS) is 10.9. The van der Waals surface area contributed by atoms with E-state index in [4.69, 9.17) is 4.74 Å². The van der Waals surface area contributed by atoms with Crippen molar-refractivity contribution in [2.24, 2.45) is 0 Å². The quantitative estimate of drug-likeness (QED) is 0.797. The number of hydrogen-bond donors (Lipinski definition) is 1. The lowest BCUT2D eigenvalue weighted by Crippen LogP contribution is -2.20. The first-order valence-electron chi connectivity index (χ1n) is 6.72. The van der Waals surface area contributed by atoms with Crippen LogP contribution < -0.4 is 10.1 Å². The van der Waals surface area contributed by atoms with E-state index in [0.717, 1.165) is 11.1 Å². The summed E-state index contributed by atoms with van der Waals surface area (Å²) in [5, 5.41) is 15.2. The number of nitrogens with zero attached hydrogens (tertiary/aromatic N) is 4. The monoisotopic (exact) mass is 317 g/mol. The maximum Gasteiger partial charge on any atom is 0.264 e. The highest BCUT2D eigenvalue weighted by atomic mass is 32.1. The molecule has 0 aliphatic heterocycles. The molecule has 0 saturated carbocycles. The molecule has 0 fully saturated rings. The van der Waals surface area contributed by atoms with E-state index in [9.17, 15) is 4.79 Å². The van der Waals surface area contributed by atoms with Crippen molar-refractivity contribution < 1.29 is 9.53 Å². The van der Waals surface area contributed by atoms with Gasteiger partial charge in [-0.1, -0.05) is 23.5 Å². The standard InChI is InChI=1S/C14H15N5O2S/c1-8-5-4-6-11(9(8)2)21-7-12(20)15-13-18-19-10(3)16-17-14(19)22-13/h4-6H,7H2,1-3H3,(H,15,18,20). The zero-order valence-corrected chi connectivity index (χ0v) is 13.3. The first kappa shape index (κ1) is 14.5. The highest BCUT2D eigenvalue weighted by Gasteiger charge is 2.12. The second-order valence-corrected chi connectivity index (χ2v) is 5.84. The fourth-order valence-corrected chi connectivity index (χ4v) is 2.75. The Bertz CT molecular complexity index is 839. The second kappa shape index (κ2) is 5.72. The number of rotatable bonds is 4. The van der Waals surface area contributed by atoms with Gasteiger partial charge < -0.3 is 4.74 Å². The van der Waals surface area contributed by atoms with Crippen molar-refractivity contribution in [1.29, 1.82) is 0 Å². The molecule has 3 aromatic rings. The maximum atomic E-state index is 12.0. The Morgan fingerprint density at radius 3 is 2.91 bits per heavy atom. The summed E-state index contributed by atoms with van der Waals surface area (Å²) in [7, 11) is 0. The average molecular weight is 317 g/mol. The molecule has 1 N–H and O–H groups in total. The highest BCUT2D eigenvalue weighted by molar-refractivity contribution is 7.20. The van der Waals surface area contributed by atoms with E-state index in [2.05, 4.69) is 20.6 Å². The van der Waals surface area contributed by atoms with E-state index in [1.807, 2.05) is 32.0 Å². The van der Waals surface area contributed by atoms with Gasteiger partial charge in [0.25, 0.3) is 5.91 Å². The number of aryl methyl sites for hydroxylation is 2. The van der Waals surface area contributed by atoms with Crippen LogP contribution in [0.3, 0.4) is 0 Å². The lowest BCUT2D eigenvalue weighted by molar-refractivity contribution is -0.118. The van der Waals surface area contributed by atoms with Crippen molar-refractivity contribution >= 4 is 27.3 Å². The van der Waals surface area contributed by atoms with Crippen molar-refractivity contribution in [1.82, 2.24) is 19.8 Å². The molecule has 0 unspecified atom stereocenters. The Kier molecular flexibility index (Phi) is 3.76. The van der Waals surface area contributed by atoms with Crippen LogP contribution in [-0.4, -0.2) is 32.3 Å². The molecule has 0 radical (unpaired) electrons. The lowest BCUT2D eigenvalue weighted by atomic mass is 10.1.